The van der Waals surface area contributed by atoms with Crippen LogP contribution in [0.3, 0.4) is 0 Å². The Labute approximate surface area is 88.9 Å². The van der Waals surface area contributed by atoms with E-state index in [0.717, 1.165) is 18.7 Å². The van der Waals surface area contributed by atoms with Gasteiger partial charge in [0.1, 0.15) is 6.54 Å². The van der Waals surface area contributed by atoms with Gasteiger partial charge in [-0.3, -0.25) is 4.79 Å². The summed E-state index contributed by atoms with van der Waals surface area (Å²) in [7, 11) is 1.65. The van der Waals surface area contributed by atoms with E-state index in [-0.39, 0.29) is 5.91 Å². The van der Waals surface area contributed by atoms with Crippen LogP contribution in [0, 0.1) is 0 Å². The number of aromatic nitrogens is 2. The van der Waals surface area contributed by atoms with E-state index in [4.69, 9.17) is 0 Å². The molecule has 1 amide bonds. The Balaban J connectivity index is 2.10. The number of carbonyl (C=O) groups is 1. The van der Waals surface area contributed by atoms with Crippen molar-refractivity contribution in [1.29, 1.82) is 0 Å². The lowest BCUT2D eigenvalue weighted by Crippen LogP contribution is -2.25. The third kappa shape index (κ3) is 2.18. The molecule has 1 aliphatic rings. The molecule has 0 bridgehead atoms. The SMILES string of the molecule is CNC(=O)Cn1cncc1[C@@H]1CCCN1. The van der Waals surface area contributed by atoms with Crippen molar-refractivity contribution in [2.45, 2.75) is 25.4 Å². The molecule has 15 heavy (non-hydrogen) atoms. The summed E-state index contributed by atoms with van der Waals surface area (Å²) in [5.74, 6) is 0.00671. The molecular formula is C10H16N4O. The van der Waals surface area contributed by atoms with E-state index in [1.54, 1.807) is 13.4 Å². The fourth-order valence-electron chi connectivity index (χ4n) is 1.92. The van der Waals surface area contributed by atoms with E-state index in [9.17, 15) is 4.79 Å². The van der Waals surface area contributed by atoms with Crippen molar-refractivity contribution in [2.24, 2.45) is 0 Å². The first-order valence-electron chi connectivity index (χ1n) is 5.25. The third-order valence-corrected chi connectivity index (χ3v) is 2.75. The van der Waals surface area contributed by atoms with E-state index in [1.807, 2.05) is 10.8 Å². The summed E-state index contributed by atoms with van der Waals surface area (Å²) < 4.78 is 1.90. The molecule has 1 aliphatic heterocycles. The number of imidazole rings is 1. The first-order chi connectivity index (χ1) is 7.31. The lowest BCUT2D eigenvalue weighted by Gasteiger charge is -2.12. The van der Waals surface area contributed by atoms with Crippen LogP contribution in [-0.4, -0.2) is 29.1 Å². The second kappa shape index (κ2) is 4.44. The number of nitrogens with one attached hydrogen (secondary N) is 2. The number of amides is 1. The third-order valence-electron chi connectivity index (χ3n) is 2.75. The Morgan fingerprint density at radius 2 is 2.67 bits per heavy atom. The van der Waals surface area contributed by atoms with Crippen molar-refractivity contribution in [3.05, 3.63) is 18.2 Å². The van der Waals surface area contributed by atoms with Crippen LogP contribution >= 0.6 is 0 Å². The molecule has 2 heterocycles. The Morgan fingerprint density at radius 3 is 3.33 bits per heavy atom. The van der Waals surface area contributed by atoms with Crippen LogP contribution in [0.1, 0.15) is 24.6 Å². The molecule has 1 aromatic rings. The number of likely N-dealkylation sites (N-methyl/N-ethyl adjacent to an activating group) is 1. The van der Waals surface area contributed by atoms with Crippen LogP contribution in [0.25, 0.3) is 0 Å². The molecule has 1 saturated heterocycles. The van der Waals surface area contributed by atoms with Gasteiger partial charge in [0.2, 0.25) is 5.91 Å². The molecule has 5 nitrogen and oxygen atoms in total. The average molecular weight is 208 g/mol. The molecule has 82 valence electrons. The maximum atomic E-state index is 11.3. The van der Waals surface area contributed by atoms with Gasteiger partial charge >= 0.3 is 0 Å². The lowest BCUT2D eigenvalue weighted by molar-refractivity contribution is -0.121. The first-order valence-corrected chi connectivity index (χ1v) is 5.25. The standard InChI is InChI=1S/C10H16N4O/c1-11-10(15)6-14-7-12-5-9(14)8-3-2-4-13-8/h5,7-8,13H,2-4,6H2,1H3,(H,11,15)/t8-/m0/s1. The second-order valence-corrected chi connectivity index (χ2v) is 3.77. The van der Waals surface area contributed by atoms with Gasteiger partial charge in [-0.05, 0) is 19.4 Å². The molecule has 2 rings (SSSR count). The van der Waals surface area contributed by atoms with Gasteiger partial charge in [-0.1, -0.05) is 0 Å². The summed E-state index contributed by atoms with van der Waals surface area (Å²) in [4.78, 5) is 15.4. The maximum absolute atomic E-state index is 11.3. The van der Waals surface area contributed by atoms with Crippen LogP contribution in [-0.2, 0) is 11.3 Å². The minimum Gasteiger partial charge on any atom is -0.358 e. The average Bonchev–Trinajstić information content (AvgIpc) is 2.86. The zero-order valence-electron chi connectivity index (χ0n) is 8.86. The van der Waals surface area contributed by atoms with Gasteiger partial charge < -0.3 is 15.2 Å². The molecule has 0 radical (unpaired) electrons. The Morgan fingerprint density at radius 1 is 1.80 bits per heavy atom. The highest BCUT2D eigenvalue weighted by Gasteiger charge is 2.20. The summed E-state index contributed by atoms with van der Waals surface area (Å²) in [6, 6.07) is 0.358. The number of carbonyl (C=O) groups excluding carboxylic acids is 1. The highest BCUT2D eigenvalue weighted by atomic mass is 16.1. The minimum absolute atomic E-state index is 0.00671. The van der Waals surface area contributed by atoms with E-state index in [2.05, 4.69) is 15.6 Å². The topological polar surface area (TPSA) is 59.0 Å². The van der Waals surface area contributed by atoms with Crippen molar-refractivity contribution in [1.82, 2.24) is 20.2 Å². The van der Waals surface area contributed by atoms with Gasteiger partial charge in [0.05, 0.1) is 12.0 Å². The predicted molar refractivity (Wildman–Crippen MR) is 56.3 cm³/mol. The number of rotatable bonds is 3. The highest BCUT2D eigenvalue weighted by Crippen LogP contribution is 2.22. The van der Waals surface area contributed by atoms with E-state index in [0.29, 0.717) is 12.6 Å². The summed E-state index contributed by atoms with van der Waals surface area (Å²) in [5, 5.41) is 6.01. The molecule has 0 spiro atoms. The quantitative estimate of drug-likeness (QED) is 0.738. The smallest absolute Gasteiger partial charge is 0.239 e. The van der Waals surface area contributed by atoms with Crippen LogP contribution in [0.4, 0.5) is 0 Å². The fourth-order valence-corrected chi connectivity index (χ4v) is 1.92. The second-order valence-electron chi connectivity index (χ2n) is 3.77. The van der Waals surface area contributed by atoms with Crippen molar-refractivity contribution in [3.63, 3.8) is 0 Å². The number of hydrogen-bond acceptors (Lipinski definition) is 3. The largest absolute Gasteiger partial charge is 0.358 e. The van der Waals surface area contributed by atoms with Crippen molar-refractivity contribution < 1.29 is 4.79 Å². The fraction of sp³-hybridized carbons (Fsp3) is 0.600. The van der Waals surface area contributed by atoms with Crippen LogP contribution in [0.2, 0.25) is 0 Å². The lowest BCUT2D eigenvalue weighted by atomic mass is 10.2. The zero-order chi connectivity index (χ0) is 10.7. The molecule has 1 fully saturated rings. The Hall–Kier alpha value is -1.36. The van der Waals surface area contributed by atoms with Gasteiger partial charge in [-0.25, -0.2) is 4.98 Å². The first kappa shape index (κ1) is 10.2. The maximum Gasteiger partial charge on any atom is 0.239 e. The van der Waals surface area contributed by atoms with E-state index >= 15 is 0 Å². The molecule has 1 atom stereocenters. The highest BCUT2D eigenvalue weighted by molar-refractivity contribution is 5.75. The summed E-state index contributed by atoms with van der Waals surface area (Å²) >= 11 is 0. The summed E-state index contributed by atoms with van der Waals surface area (Å²) in [6.45, 7) is 1.40. The van der Waals surface area contributed by atoms with E-state index in [1.165, 1.54) is 6.42 Å². The molecule has 0 saturated carbocycles. The monoisotopic (exact) mass is 208 g/mol. The van der Waals surface area contributed by atoms with Gasteiger partial charge in [0.15, 0.2) is 0 Å². The molecule has 0 aliphatic carbocycles. The molecule has 2 N–H and O–H groups in total. The van der Waals surface area contributed by atoms with Crippen LogP contribution in [0.5, 0.6) is 0 Å². The predicted octanol–water partition coefficient (Wildman–Crippen LogP) is 0.0536. The van der Waals surface area contributed by atoms with Gasteiger partial charge in [0, 0.05) is 19.3 Å². The van der Waals surface area contributed by atoms with Crippen LogP contribution in [0.15, 0.2) is 12.5 Å². The molecule has 5 heteroatoms. The van der Waals surface area contributed by atoms with Crippen molar-refractivity contribution in [2.75, 3.05) is 13.6 Å². The minimum atomic E-state index is 0.00671. The summed E-state index contributed by atoms with van der Waals surface area (Å²) in [5.41, 5.74) is 1.11. The molecule has 0 unspecified atom stereocenters. The van der Waals surface area contributed by atoms with Crippen LogP contribution < -0.4 is 10.6 Å². The molecule has 1 aromatic heterocycles. The zero-order valence-corrected chi connectivity index (χ0v) is 8.86. The van der Waals surface area contributed by atoms with Crippen molar-refractivity contribution in [3.8, 4) is 0 Å². The molecule has 0 aromatic carbocycles. The van der Waals surface area contributed by atoms with Gasteiger partial charge in [-0.15, -0.1) is 0 Å². The number of nitrogens with zero attached hydrogens (tertiary/aromatic N) is 2. The Bertz CT molecular complexity index is 341. The molecular weight excluding hydrogens is 192 g/mol. The van der Waals surface area contributed by atoms with Crippen molar-refractivity contribution >= 4 is 5.91 Å². The van der Waals surface area contributed by atoms with E-state index < -0.39 is 0 Å². The van der Waals surface area contributed by atoms with Gasteiger partial charge in [-0.2, -0.15) is 0 Å². The van der Waals surface area contributed by atoms with Gasteiger partial charge in [0.25, 0.3) is 0 Å². The Kier molecular flexibility index (Phi) is 3.01. The number of hydrogen-bond donors (Lipinski definition) is 2. The normalized spacial score (nSPS) is 20.5. The summed E-state index contributed by atoms with van der Waals surface area (Å²) in [6.07, 6.45) is 5.87.